The fourth-order valence-corrected chi connectivity index (χ4v) is 1.35. The van der Waals surface area contributed by atoms with E-state index in [1.54, 1.807) is 25.5 Å². The maximum absolute atomic E-state index is 11.6. The second-order valence-electron chi connectivity index (χ2n) is 3.12. The number of benzene rings is 1. The molecule has 4 heteroatoms. The fraction of sp³-hybridized carbons (Fsp3) is 0.100. The number of imidazole rings is 1. The topological polar surface area (TPSA) is 52.9 Å². The van der Waals surface area contributed by atoms with Crippen LogP contribution in [0.2, 0.25) is 0 Å². The average molecular weight is 189 g/mol. The van der Waals surface area contributed by atoms with Gasteiger partial charge in [-0.1, -0.05) is 12.1 Å². The van der Waals surface area contributed by atoms with Crippen LogP contribution in [-0.2, 0) is 7.05 Å². The number of aryl methyl sites for hydroxylation is 1. The van der Waals surface area contributed by atoms with Crippen LogP contribution in [0.15, 0.2) is 41.5 Å². The Morgan fingerprint density at radius 2 is 1.93 bits per heavy atom. The van der Waals surface area contributed by atoms with E-state index in [-0.39, 0.29) is 5.69 Å². The van der Waals surface area contributed by atoms with Gasteiger partial charge in [0.1, 0.15) is 0 Å². The number of nitrogen functional groups attached to an aromatic ring is 1. The number of nitrogens with zero attached hydrogens (tertiary/aromatic N) is 2. The van der Waals surface area contributed by atoms with Gasteiger partial charge < -0.3 is 10.3 Å². The molecule has 72 valence electrons. The van der Waals surface area contributed by atoms with Crippen LogP contribution in [0.1, 0.15) is 0 Å². The zero-order valence-electron chi connectivity index (χ0n) is 7.84. The van der Waals surface area contributed by atoms with E-state index in [9.17, 15) is 4.79 Å². The van der Waals surface area contributed by atoms with Crippen LogP contribution in [0.4, 0.5) is 5.69 Å². The molecule has 1 heterocycles. The van der Waals surface area contributed by atoms with Crippen LogP contribution < -0.4 is 11.4 Å². The van der Waals surface area contributed by atoms with Gasteiger partial charge in [0.05, 0.1) is 11.4 Å². The molecular formula is C10H11N3O. The summed E-state index contributed by atoms with van der Waals surface area (Å²) in [7, 11) is 1.71. The predicted molar refractivity (Wildman–Crippen MR) is 55.4 cm³/mol. The molecule has 0 unspecified atom stereocenters. The molecule has 2 rings (SSSR count). The lowest BCUT2D eigenvalue weighted by Gasteiger charge is -2.03. The molecule has 1 aromatic carbocycles. The fourth-order valence-electron chi connectivity index (χ4n) is 1.35. The summed E-state index contributed by atoms with van der Waals surface area (Å²) in [4.78, 5) is 11.6. The van der Waals surface area contributed by atoms with E-state index < -0.39 is 0 Å². The van der Waals surface area contributed by atoms with Gasteiger partial charge in [-0.15, -0.1) is 0 Å². The molecule has 0 aliphatic rings. The monoisotopic (exact) mass is 189 g/mol. The molecule has 0 saturated heterocycles. The molecule has 0 aliphatic carbocycles. The van der Waals surface area contributed by atoms with Crippen molar-refractivity contribution < 1.29 is 0 Å². The molecule has 0 aliphatic heterocycles. The Kier molecular flexibility index (Phi) is 1.89. The highest BCUT2D eigenvalue weighted by molar-refractivity contribution is 5.57. The van der Waals surface area contributed by atoms with Gasteiger partial charge in [-0.05, 0) is 12.1 Å². The SMILES string of the molecule is Cn1ccn(-c2ccccc2N)c1=O. The average Bonchev–Trinajstić information content (AvgIpc) is 2.49. The van der Waals surface area contributed by atoms with Crippen LogP contribution in [0.25, 0.3) is 5.69 Å². The highest BCUT2D eigenvalue weighted by Crippen LogP contribution is 2.13. The Bertz CT molecular complexity index is 510. The van der Waals surface area contributed by atoms with Crippen molar-refractivity contribution in [1.29, 1.82) is 0 Å². The maximum Gasteiger partial charge on any atom is 0.332 e. The Labute approximate surface area is 81.2 Å². The first-order chi connectivity index (χ1) is 6.70. The third-order valence-electron chi connectivity index (χ3n) is 2.14. The molecular weight excluding hydrogens is 178 g/mol. The van der Waals surface area contributed by atoms with E-state index in [0.29, 0.717) is 5.69 Å². The molecule has 0 atom stereocenters. The van der Waals surface area contributed by atoms with Crippen molar-refractivity contribution in [1.82, 2.24) is 9.13 Å². The third-order valence-corrected chi connectivity index (χ3v) is 2.14. The second kappa shape index (κ2) is 3.06. The van der Waals surface area contributed by atoms with E-state index in [1.165, 1.54) is 9.13 Å². The smallest absolute Gasteiger partial charge is 0.332 e. The Morgan fingerprint density at radius 3 is 2.50 bits per heavy atom. The molecule has 0 saturated carbocycles. The molecule has 2 aromatic rings. The first-order valence-corrected chi connectivity index (χ1v) is 4.29. The van der Waals surface area contributed by atoms with Gasteiger partial charge in [0.15, 0.2) is 0 Å². The third kappa shape index (κ3) is 1.21. The van der Waals surface area contributed by atoms with Gasteiger partial charge in [0.25, 0.3) is 0 Å². The predicted octanol–water partition coefficient (Wildman–Crippen LogP) is 0.758. The quantitative estimate of drug-likeness (QED) is 0.673. The lowest BCUT2D eigenvalue weighted by Crippen LogP contribution is -2.21. The number of rotatable bonds is 1. The minimum Gasteiger partial charge on any atom is -0.397 e. The lowest BCUT2D eigenvalue weighted by atomic mass is 10.3. The minimum atomic E-state index is -0.0945. The van der Waals surface area contributed by atoms with Gasteiger partial charge in [-0.2, -0.15) is 0 Å². The normalized spacial score (nSPS) is 10.4. The molecule has 0 radical (unpaired) electrons. The lowest BCUT2D eigenvalue weighted by molar-refractivity contribution is 0.825. The Hall–Kier alpha value is -1.97. The van der Waals surface area contributed by atoms with Gasteiger partial charge in [-0.3, -0.25) is 4.57 Å². The summed E-state index contributed by atoms with van der Waals surface area (Å²) in [6.45, 7) is 0. The summed E-state index contributed by atoms with van der Waals surface area (Å²) in [5.74, 6) is 0. The Morgan fingerprint density at radius 1 is 1.21 bits per heavy atom. The number of para-hydroxylation sites is 2. The van der Waals surface area contributed by atoms with Gasteiger partial charge in [-0.25, -0.2) is 4.79 Å². The summed E-state index contributed by atoms with van der Waals surface area (Å²) in [6.07, 6.45) is 3.41. The van der Waals surface area contributed by atoms with Crippen LogP contribution >= 0.6 is 0 Å². The van der Waals surface area contributed by atoms with Crippen molar-refractivity contribution in [3.8, 4) is 5.69 Å². The summed E-state index contributed by atoms with van der Waals surface area (Å²) >= 11 is 0. The van der Waals surface area contributed by atoms with E-state index in [1.807, 2.05) is 18.2 Å². The summed E-state index contributed by atoms with van der Waals surface area (Å²) in [5.41, 5.74) is 6.99. The molecule has 1 aromatic heterocycles. The number of anilines is 1. The number of nitrogens with two attached hydrogens (primary N) is 1. The van der Waals surface area contributed by atoms with Gasteiger partial charge in [0.2, 0.25) is 0 Å². The number of hydrogen-bond acceptors (Lipinski definition) is 2. The highest BCUT2D eigenvalue weighted by atomic mass is 16.1. The second-order valence-corrected chi connectivity index (χ2v) is 3.12. The van der Waals surface area contributed by atoms with Gasteiger partial charge in [0, 0.05) is 19.4 Å². The van der Waals surface area contributed by atoms with Crippen molar-refractivity contribution >= 4 is 5.69 Å². The minimum absolute atomic E-state index is 0.0945. The van der Waals surface area contributed by atoms with Crippen molar-refractivity contribution in [3.05, 3.63) is 47.1 Å². The van der Waals surface area contributed by atoms with Crippen molar-refractivity contribution in [2.75, 3.05) is 5.73 Å². The van der Waals surface area contributed by atoms with Crippen LogP contribution in [0.3, 0.4) is 0 Å². The van der Waals surface area contributed by atoms with E-state index in [4.69, 9.17) is 5.73 Å². The molecule has 2 N–H and O–H groups in total. The van der Waals surface area contributed by atoms with Crippen molar-refractivity contribution in [2.24, 2.45) is 7.05 Å². The standard InChI is InChI=1S/C10H11N3O/c1-12-6-7-13(10(12)14)9-5-3-2-4-8(9)11/h2-7H,11H2,1H3. The molecule has 0 amide bonds. The largest absolute Gasteiger partial charge is 0.397 e. The maximum atomic E-state index is 11.6. The van der Waals surface area contributed by atoms with Crippen LogP contribution in [0, 0.1) is 0 Å². The van der Waals surface area contributed by atoms with E-state index in [0.717, 1.165) is 5.69 Å². The summed E-state index contributed by atoms with van der Waals surface area (Å²) < 4.78 is 3.03. The molecule has 4 nitrogen and oxygen atoms in total. The van der Waals surface area contributed by atoms with E-state index in [2.05, 4.69) is 0 Å². The first kappa shape index (κ1) is 8.62. The van der Waals surface area contributed by atoms with E-state index >= 15 is 0 Å². The molecule has 0 spiro atoms. The molecule has 14 heavy (non-hydrogen) atoms. The molecule has 0 fully saturated rings. The zero-order valence-corrected chi connectivity index (χ0v) is 7.84. The highest BCUT2D eigenvalue weighted by Gasteiger charge is 2.04. The zero-order chi connectivity index (χ0) is 10.1. The van der Waals surface area contributed by atoms with Gasteiger partial charge >= 0.3 is 5.69 Å². The number of hydrogen-bond donors (Lipinski definition) is 1. The van der Waals surface area contributed by atoms with Crippen LogP contribution in [-0.4, -0.2) is 9.13 Å². The van der Waals surface area contributed by atoms with Crippen molar-refractivity contribution in [2.45, 2.75) is 0 Å². The summed E-state index contributed by atoms with van der Waals surface area (Å²) in [5, 5.41) is 0. The van der Waals surface area contributed by atoms with Crippen LogP contribution in [0.5, 0.6) is 0 Å². The summed E-state index contributed by atoms with van der Waals surface area (Å²) in [6, 6.07) is 7.28. The number of aromatic nitrogens is 2. The first-order valence-electron chi connectivity index (χ1n) is 4.29. The Balaban J connectivity index is 2.67. The molecule has 0 bridgehead atoms. The van der Waals surface area contributed by atoms with Crippen molar-refractivity contribution in [3.63, 3.8) is 0 Å².